The first-order valence-corrected chi connectivity index (χ1v) is 9.10. The molecule has 3 aromatic rings. The summed E-state index contributed by atoms with van der Waals surface area (Å²) < 4.78 is 5.67. The highest BCUT2D eigenvalue weighted by Crippen LogP contribution is 2.25. The summed E-state index contributed by atoms with van der Waals surface area (Å²) in [6.07, 6.45) is -0.995. The van der Waals surface area contributed by atoms with Crippen molar-refractivity contribution in [3.05, 3.63) is 101 Å². The standard InChI is InChI=1S/C24H23NO3/c1-17-9-11-18(12-10-17)22(26)23(19-7-5-4-6-8-19)28-24(27)20-13-15-21(16-14-20)25(2)3/h4-16,23H,1-3H3/t23-/m0/s1. The molecule has 0 aliphatic carbocycles. The Labute approximate surface area is 165 Å². The van der Waals surface area contributed by atoms with E-state index >= 15 is 0 Å². The van der Waals surface area contributed by atoms with Crippen LogP contribution < -0.4 is 4.90 Å². The molecule has 142 valence electrons. The first-order chi connectivity index (χ1) is 13.5. The molecule has 0 saturated heterocycles. The van der Waals surface area contributed by atoms with Crippen LogP contribution in [0.3, 0.4) is 0 Å². The van der Waals surface area contributed by atoms with Crippen LogP contribution in [-0.2, 0) is 4.74 Å². The van der Waals surface area contributed by atoms with Crippen molar-refractivity contribution >= 4 is 17.4 Å². The van der Waals surface area contributed by atoms with Crippen LogP contribution in [0, 0.1) is 6.92 Å². The monoisotopic (exact) mass is 373 g/mol. The SMILES string of the molecule is Cc1ccc(C(=O)[C@@H](OC(=O)c2ccc(N(C)C)cc2)c2ccccc2)cc1. The first kappa shape index (κ1) is 19.4. The number of nitrogens with zero attached hydrogens (tertiary/aromatic N) is 1. The number of benzene rings is 3. The molecule has 0 unspecified atom stereocenters. The number of ketones is 1. The van der Waals surface area contributed by atoms with E-state index in [1.54, 1.807) is 36.4 Å². The van der Waals surface area contributed by atoms with Crippen molar-refractivity contribution in [1.82, 2.24) is 0 Å². The number of ether oxygens (including phenoxy) is 1. The van der Waals surface area contributed by atoms with Crippen molar-refractivity contribution < 1.29 is 14.3 Å². The number of hydrogen-bond donors (Lipinski definition) is 0. The van der Waals surface area contributed by atoms with Gasteiger partial charge in [0, 0.05) is 30.9 Å². The Morgan fingerprint density at radius 1 is 0.786 bits per heavy atom. The predicted molar refractivity (Wildman–Crippen MR) is 111 cm³/mol. The van der Waals surface area contributed by atoms with E-state index in [1.165, 1.54) is 0 Å². The molecule has 0 amide bonds. The smallest absolute Gasteiger partial charge is 0.339 e. The number of esters is 1. The summed E-state index contributed by atoms with van der Waals surface area (Å²) in [7, 11) is 3.86. The number of anilines is 1. The maximum atomic E-state index is 13.1. The van der Waals surface area contributed by atoms with Crippen LogP contribution in [0.5, 0.6) is 0 Å². The summed E-state index contributed by atoms with van der Waals surface area (Å²) >= 11 is 0. The van der Waals surface area contributed by atoms with Crippen molar-refractivity contribution in [1.29, 1.82) is 0 Å². The van der Waals surface area contributed by atoms with E-state index in [9.17, 15) is 9.59 Å². The molecule has 0 saturated carbocycles. The number of Topliss-reactive ketones (excluding diaryl/α,β-unsaturated/α-hetero) is 1. The van der Waals surface area contributed by atoms with Crippen LogP contribution in [0.4, 0.5) is 5.69 Å². The van der Waals surface area contributed by atoms with E-state index in [0.717, 1.165) is 11.3 Å². The highest BCUT2D eigenvalue weighted by atomic mass is 16.5. The highest BCUT2D eigenvalue weighted by molar-refractivity contribution is 6.02. The van der Waals surface area contributed by atoms with E-state index < -0.39 is 12.1 Å². The minimum absolute atomic E-state index is 0.246. The average Bonchev–Trinajstić information content (AvgIpc) is 2.72. The molecule has 0 heterocycles. The predicted octanol–water partition coefficient (Wildman–Crippen LogP) is 4.84. The molecule has 0 aliphatic heterocycles. The number of carbonyl (C=O) groups is 2. The summed E-state index contributed by atoms with van der Waals surface area (Å²) in [6, 6.07) is 23.4. The first-order valence-electron chi connectivity index (χ1n) is 9.10. The molecule has 0 bridgehead atoms. The Morgan fingerprint density at radius 2 is 1.36 bits per heavy atom. The zero-order chi connectivity index (χ0) is 20.1. The molecular formula is C24H23NO3. The lowest BCUT2D eigenvalue weighted by Crippen LogP contribution is -2.20. The molecule has 0 aromatic heterocycles. The minimum atomic E-state index is -0.995. The third-order valence-electron chi connectivity index (χ3n) is 4.52. The lowest BCUT2D eigenvalue weighted by molar-refractivity contribution is 0.0280. The highest BCUT2D eigenvalue weighted by Gasteiger charge is 2.26. The van der Waals surface area contributed by atoms with E-state index in [4.69, 9.17) is 4.74 Å². The molecule has 3 aromatic carbocycles. The van der Waals surface area contributed by atoms with Gasteiger partial charge in [-0.1, -0.05) is 60.2 Å². The van der Waals surface area contributed by atoms with Gasteiger partial charge in [-0.2, -0.15) is 0 Å². The van der Waals surface area contributed by atoms with Gasteiger partial charge in [0.15, 0.2) is 6.10 Å². The molecule has 0 N–H and O–H groups in total. The van der Waals surface area contributed by atoms with E-state index in [2.05, 4.69) is 0 Å². The van der Waals surface area contributed by atoms with Crippen molar-refractivity contribution in [2.45, 2.75) is 13.0 Å². The molecule has 4 nitrogen and oxygen atoms in total. The maximum Gasteiger partial charge on any atom is 0.339 e. The fourth-order valence-electron chi connectivity index (χ4n) is 2.84. The van der Waals surface area contributed by atoms with Crippen LogP contribution in [0.25, 0.3) is 0 Å². The van der Waals surface area contributed by atoms with Gasteiger partial charge < -0.3 is 9.64 Å². The summed E-state index contributed by atoms with van der Waals surface area (Å²) in [5.74, 6) is -0.774. The van der Waals surface area contributed by atoms with E-state index in [0.29, 0.717) is 16.7 Å². The normalized spacial score (nSPS) is 11.5. The molecule has 4 heteroatoms. The molecule has 0 aliphatic rings. The molecule has 28 heavy (non-hydrogen) atoms. The summed E-state index contributed by atoms with van der Waals surface area (Å²) in [5.41, 5.74) is 3.60. The zero-order valence-corrected chi connectivity index (χ0v) is 16.3. The number of carbonyl (C=O) groups excluding carboxylic acids is 2. The van der Waals surface area contributed by atoms with Gasteiger partial charge in [0.25, 0.3) is 0 Å². The van der Waals surface area contributed by atoms with Crippen LogP contribution in [0.2, 0.25) is 0 Å². The van der Waals surface area contributed by atoms with Gasteiger partial charge in [-0.3, -0.25) is 4.79 Å². The lowest BCUT2D eigenvalue weighted by atomic mass is 9.99. The summed E-state index contributed by atoms with van der Waals surface area (Å²) in [4.78, 5) is 27.7. The second-order valence-corrected chi connectivity index (χ2v) is 6.87. The second-order valence-electron chi connectivity index (χ2n) is 6.87. The maximum absolute atomic E-state index is 13.1. The molecule has 3 rings (SSSR count). The lowest BCUT2D eigenvalue weighted by Gasteiger charge is -2.18. The fraction of sp³-hybridized carbons (Fsp3) is 0.167. The van der Waals surface area contributed by atoms with Gasteiger partial charge in [0.2, 0.25) is 5.78 Å². The Morgan fingerprint density at radius 3 is 1.93 bits per heavy atom. The van der Waals surface area contributed by atoms with Crippen LogP contribution in [0.15, 0.2) is 78.9 Å². The molecule has 0 spiro atoms. The number of aryl methyl sites for hydroxylation is 1. The topological polar surface area (TPSA) is 46.6 Å². The van der Waals surface area contributed by atoms with Gasteiger partial charge >= 0.3 is 5.97 Å². The summed E-state index contributed by atoms with van der Waals surface area (Å²) in [6.45, 7) is 1.96. The van der Waals surface area contributed by atoms with Gasteiger partial charge in [-0.25, -0.2) is 4.79 Å². The van der Waals surface area contributed by atoms with Crippen LogP contribution >= 0.6 is 0 Å². The van der Waals surface area contributed by atoms with Crippen molar-refractivity contribution in [2.75, 3.05) is 19.0 Å². The fourth-order valence-corrected chi connectivity index (χ4v) is 2.84. The third kappa shape index (κ3) is 4.46. The van der Waals surface area contributed by atoms with Gasteiger partial charge in [-0.15, -0.1) is 0 Å². The Hall–Kier alpha value is -3.40. The largest absolute Gasteiger partial charge is 0.445 e. The summed E-state index contributed by atoms with van der Waals surface area (Å²) in [5, 5.41) is 0. The van der Waals surface area contributed by atoms with Crippen molar-refractivity contribution in [2.24, 2.45) is 0 Å². The van der Waals surface area contributed by atoms with Crippen molar-refractivity contribution in [3.8, 4) is 0 Å². The number of hydrogen-bond acceptors (Lipinski definition) is 4. The molecule has 1 atom stereocenters. The Balaban J connectivity index is 1.88. The zero-order valence-electron chi connectivity index (χ0n) is 16.3. The molecule has 0 fully saturated rings. The Bertz CT molecular complexity index is 945. The Kier molecular flexibility index (Phi) is 5.90. The molecular weight excluding hydrogens is 350 g/mol. The van der Waals surface area contributed by atoms with Crippen LogP contribution in [-0.4, -0.2) is 25.8 Å². The van der Waals surface area contributed by atoms with E-state index in [1.807, 2.05) is 68.4 Å². The average molecular weight is 373 g/mol. The number of rotatable bonds is 6. The van der Waals surface area contributed by atoms with Crippen LogP contribution in [0.1, 0.15) is 37.9 Å². The van der Waals surface area contributed by atoms with E-state index in [-0.39, 0.29) is 5.78 Å². The van der Waals surface area contributed by atoms with Gasteiger partial charge in [0.1, 0.15) is 0 Å². The third-order valence-corrected chi connectivity index (χ3v) is 4.52. The van der Waals surface area contributed by atoms with Crippen molar-refractivity contribution in [3.63, 3.8) is 0 Å². The quantitative estimate of drug-likeness (QED) is 0.458. The van der Waals surface area contributed by atoms with Gasteiger partial charge in [-0.05, 0) is 31.2 Å². The second kappa shape index (κ2) is 8.53. The molecule has 0 radical (unpaired) electrons. The van der Waals surface area contributed by atoms with Gasteiger partial charge in [0.05, 0.1) is 5.56 Å². The minimum Gasteiger partial charge on any atom is -0.445 e.